The van der Waals surface area contributed by atoms with E-state index in [0.717, 1.165) is 38.6 Å². The van der Waals surface area contributed by atoms with Crippen LogP contribution in [0.1, 0.15) is 45.1 Å². The number of halogens is 1. The van der Waals surface area contributed by atoms with Crippen LogP contribution in [0.15, 0.2) is 41.3 Å². The summed E-state index contributed by atoms with van der Waals surface area (Å²) in [7, 11) is 2.19. The molecule has 220 valence electrons. The predicted molar refractivity (Wildman–Crippen MR) is 159 cm³/mol. The molecule has 1 saturated carbocycles. The summed E-state index contributed by atoms with van der Waals surface area (Å²) in [5.41, 5.74) is 12.4. The van der Waals surface area contributed by atoms with Gasteiger partial charge in [0.15, 0.2) is 0 Å². The molecule has 2 heterocycles. The van der Waals surface area contributed by atoms with E-state index >= 15 is 0 Å². The van der Waals surface area contributed by atoms with Gasteiger partial charge in [-0.3, -0.25) is 14.7 Å². The smallest absolute Gasteiger partial charge is 0.338 e. The van der Waals surface area contributed by atoms with E-state index in [4.69, 9.17) is 11.5 Å². The maximum absolute atomic E-state index is 12.7. The van der Waals surface area contributed by atoms with Crippen LogP contribution in [0.5, 0.6) is 0 Å². The van der Waals surface area contributed by atoms with Crippen LogP contribution in [0.3, 0.4) is 0 Å². The van der Waals surface area contributed by atoms with Crippen molar-refractivity contribution >= 4 is 30.2 Å². The van der Waals surface area contributed by atoms with Crippen molar-refractivity contribution in [2.75, 3.05) is 45.1 Å². The van der Waals surface area contributed by atoms with Crippen LogP contribution in [-0.4, -0.2) is 93.6 Å². The summed E-state index contributed by atoms with van der Waals surface area (Å²) in [5, 5.41) is 2.69. The highest BCUT2D eigenvalue weighted by atomic mass is 35.5. The molecule has 0 unspecified atom stereocenters. The fraction of sp³-hybridized carbons (Fsp3) is 0.571. The minimum Gasteiger partial charge on any atom is -0.338 e. The topological polar surface area (TPSA) is 143 Å². The Morgan fingerprint density at radius 2 is 1.62 bits per heavy atom. The Labute approximate surface area is 242 Å². The molecular weight excluding hydrogens is 532 g/mol. The Kier molecular flexibility index (Phi) is 10.7. The molecule has 4 rings (SSSR count). The van der Waals surface area contributed by atoms with E-state index < -0.39 is 11.2 Å². The number of hydrogen-bond acceptors (Lipinski definition) is 7. The standard InChI is InChI=1S/C28H42N8O3.ClH/c1-28(2,30)25(37)34-16-18-35(19-17-34)26(38)31-24-13-15-36(27(39)32-24)23-8-4-20(5-9-23)12-14-33(3)22-10-6-21(29)7-11-22;/h4-5,8-9,13,15,21-22H,6-7,10-12,14,16-19,29-30H2,1-3H3,(H,31,32,38,39);1H/t21-,22+;. The lowest BCUT2D eigenvalue weighted by Gasteiger charge is -2.37. The Morgan fingerprint density at radius 1 is 1.02 bits per heavy atom. The van der Waals surface area contributed by atoms with E-state index in [0.29, 0.717) is 44.0 Å². The van der Waals surface area contributed by atoms with Gasteiger partial charge in [0, 0.05) is 51.0 Å². The Morgan fingerprint density at radius 3 is 2.20 bits per heavy atom. The van der Waals surface area contributed by atoms with Crippen molar-refractivity contribution in [1.29, 1.82) is 0 Å². The van der Waals surface area contributed by atoms with Crippen molar-refractivity contribution in [2.45, 2.75) is 63.6 Å². The van der Waals surface area contributed by atoms with Gasteiger partial charge < -0.3 is 26.2 Å². The molecule has 0 spiro atoms. The van der Waals surface area contributed by atoms with Crippen molar-refractivity contribution in [3.05, 3.63) is 52.6 Å². The second-order valence-corrected chi connectivity index (χ2v) is 11.4. The number of rotatable bonds is 7. The van der Waals surface area contributed by atoms with E-state index in [1.807, 2.05) is 24.3 Å². The molecular formula is C28H43ClN8O3. The quantitative estimate of drug-likeness (QED) is 0.457. The molecule has 2 aliphatic rings. The van der Waals surface area contributed by atoms with Crippen LogP contribution in [0.4, 0.5) is 10.6 Å². The lowest BCUT2D eigenvalue weighted by atomic mass is 9.91. The van der Waals surface area contributed by atoms with Crippen molar-refractivity contribution in [3.8, 4) is 5.69 Å². The van der Waals surface area contributed by atoms with Crippen molar-refractivity contribution in [2.24, 2.45) is 11.5 Å². The summed E-state index contributed by atoms with van der Waals surface area (Å²) in [4.78, 5) is 47.5. The van der Waals surface area contributed by atoms with Gasteiger partial charge in [-0.05, 0) is 76.8 Å². The maximum atomic E-state index is 12.7. The molecule has 1 aromatic carbocycles. The van der Waals surface area contributed by atoms with Crippen LogP contribution in [0.2, 0.25) is 0 Å². The number of carbonyl (C=O) groups excluding carboxylic acids is 2. The fourth-order valence-corrected chi connectivity index (χ4v) is 5.23. The average Bonchev–Trinajstić information content (AvgIpc) is 2.92. The van der Waals surface area contributed by atoms with Crippen LogP contribution >= 0.6 is 12.4 Å². The molecule has 0 atom stereocenters. The number of benzene rings is 1. The van der Waals surface area contributed by atoms with Crippen LogP contribution in [0, 0.1) is 0 Å². The predicted octanol–water partition coefficient (Wildman–Crippen LogP) is 1.81. The van der Waals surface area contributed by atoms with Gasteiger partial charge in [-0.1, -0.05) is 12.1 Å². The van der Waals surface area contributed by atoms with Crippen molar-refractivity contribution in [1.82, 2.24) is 24.3 Å². The first-order chi connectivity index (χ1) is 18.5. The number of likely N-dealkylation sites (N-methyl/N-ethyl adjacent to an activating group) is 1. The summed E-state index contributed by atoms with van der Waals surface area (Å²) in [6.07, 6.45) is 7.07. The molecule has 40 heavy (non-hydrogen) atoms. The summed E-state index contributed by atoms with van der Waals surface area (Å²) in [5.74, 6) is 0.0458. The molecule has 1 aromatic heterocycles. The van der Waals surface area contributed by atoms with E-state index in [9.17, 15) is 14.4 Å². The normalized spacial score (nSPS) is 19.8. The highest BCUT2D eigenvalue weighted by molar-refractivity contribution is 5.89. The number of nitrogens with two attached hydrogens (primary N) is 2. The molecule has 2 fully saturated rings. The third-order valence-corrected chi connectivity index (χ3v) is 7.78. The van der Waals surface area contributed by atoms with Gasteiger partial charge in [0.2, 0.25) is 5.91 Å². The molecule has 0 radical (unpaired) electrons. The number of anilines is 1. The molecule has 1 aliphatic carbocycles. The van der Waals surface area contributed by atoms with Gasteiger partial charge in [-0.2, -0.15) is 4.98 Å². The second kappa shape index (κ2) is 13.6. The average molecular weight is 575 g/mol. The number of aromatic nitrogens is 2. The fourth-order valence-electron chi connectivity index (χ4n) is 5.23. The number of piperazine rings is 1. The molecule has 0 bridgehead atoms. The number of nitrogens with one attached hydrogen (secondary N) is 1. The Bertz CT molecular complexity index is 1200. The molecule has 3 amide bonds. The lowest BCUT2D eigenvalue weighted by Crippen LogP contribution is -2.58. The minimum atomic E-state index is -0.945. The molecule has 1 saturated heterocycles. The van der Waals surface area contributed by atoms with Crippen LogP contribution < -0.4 is 22.5 Å². The summed E-state index contributed by atoms with van der Waals surface area (Å²) in [6.45, 7) is 5.89. The Balaban J connectivity index is 0.00000441. The first kappa shape index (κ1) is 31.5. The zero-order chi connectivity index (χ0) is 28.2. The summed E-state index contributed by atoms with van der Waals surface area (Å²) in [6, 6.07) is 10.1. The van der Waals surface area contributed by atoms with Crippen LogP contribution in [-0.2, 0) is 11.2 Å². The second-order valence-electron chi connectivity index (χ2n) is 11.4. The first-order valence-corrected chi connectivity index (χ1v) is 13.8. The first-order valence-electron chi connectivity index (χ1n) is 13.8. The van der Waals surface area contributed by atoms with E-state index in [2.05, 4.69) is 22.2 Å². The molecule has 2 aromatic rings. The van der Waals surface area contributed by atoms with E-state index in [1.165, 1.54) is 10.1 Å². The molecule has 5 N–H and O–H groups in total. The van der Waals surface area contributed by atoms with Crippen LogP contribution in [0.25, 0.3) is 5.69 Å². The number of urea groups is 1. The third kappa shape index (κ3) is 8.03. The van der Waals surface area contributed by atoms with E-state index in [-0.39, 0.29) is 30.2 Å². The van der Waals surface area contributed by atoms with Gasteiger partial charge in [0.25, 0.3) is 0 Å². The van der Waals surface area contributed by atoms with Gasteiger partial charge >= 0.3 is 11.7 Å². The largest absolute Gasteiger partial charge is 0.354 e. The van der Waals surface area contributed by atoms with Crippen molar-refractivity contribution in [3.63, 3.8) is 0 Å². The third-order valence-electron chi connectivity index (χ3n) is 7.78. The Hall–Kier alpha value is -2.99. The van der Waals surface area contributed by atoms with Gasteiger partial charge in [0.05, 0.1) is 11.2 Å². The molecule has 1 aliphatic heterocycles. The number of amides is 3. The van der Waals surface area contributed by atoms with Crippen molar-refractivity contribution < 1.29 is 9.59 Å². The number of hydrogen-bond donors (Lipinski definition) is 3. The zero-order valence-electron chi connectivity index (χ0n) is 23.7. The summed E-state index contributed by atoms with van der Waals surface area (Å²) < 4.78 is 1.45. The summed E-state index contributed by atoms with van der Waals surface area (Å²) >= 11 is 0. The SMILES string of the molecule is CN(CCc1ccc(-n2ccc(NC(=O)N3CCN(C(=O)C(C)(C)N)CC3)nc2=O)cc1)[C@H]1CC[C@@H](N)CC1.Cl. The molecule has 12 heteroatoms. The number of nitrogens with zero attached hydrogens (tertiary/aromatic N) is 5. The maximum Gasteiger partial charge on any atom is 0.354 e. The minimum absolute atomic E-state index is 0. The monoisotopic (exact) mass is 574 g/mol. The zero-order valence-corrected chi connectivity index (χ0v) is 24.5. The van der Waals surface area contributed by atoms with Gasteiger partial charge in [0.1, 0.15) is 5.82 Å². The van der Waals surface area contributed by atoms with Gasteiger partial charge in [-0.25, -0.2) is 9.59 Å². The van der Waals surface area contributed by atoms with E-state index in [1.54, 1.807) is 35.9 Å². The highest BCUT2D eigenvalue weighted by Crippen LogP contribution is 2.21. The lowest BCUT2D eigenvalue weighted by molar-refractivity contribution is -0.137. The highest BCUT2D eigenvalue weighted by Gasteiger charge is 2.31. The number of carbonyl (C=O) groups is 2. The molecule has 11 nitrogen and oxygen atoms in total. The van der Waals surface area contributed by atoms with Gasteiger partial charge in [-0.15, -0.1) is 12.4 Å².